The SMILES string of the molecule is CC1CC(C)CC(NC2COc3ccccc32)C1. The van der Waals surface area contributed by atoms with E-state index in [4.69, 9.17) is 4.74 Å². The van der Waals surface area contributed by atoms with Crippen LogP contribution >= 0.6 is 0 Å². The highest BCUT2D eigenvalue weighted by Gasteiger charge is 2.29. The Kier molecular flexibility index (Phi) is 3.29. The summed E-state index contributed by atoms with van der Waals surface area (Å²) >= 11 is 0. The van der Waals surface area contributed by atoms with Crippen molar-refractivity contribution < 1.29 is 4.74 Å². The third kappa shape index (κ3) is 2.39. The first-order valence-electron chi connectivity index (χ1n) is 7.20. The normalized spacial score (nSPS) is 35.0. The largest absolute Gasteiger partial charge is 0.491 e. The zero-order valence-electron chi connectivity index (χ0n) is 11.4. The molecule has 2 heteroatoms. The second-order valence-corrected chi connectivity index (χ2v) is 6.18. The van der Waals surface area contributed by atoms with E-state index in [0.717, 1.165) is 24.2 Å². The molecule has 98 valence electrons. The lowest BCUT2D eigenvalue weighted by atomic mass is 9.80. The minimum Gasteiger partial charge on any atom is -0.491 e. The Bertz CT molecular complexity index is 407. The van der Waals surface area contributed by atoms with Crippen LogP contribution in [0.25, 0.3) is 0 Å². The summed E-state index contributed by atoms with van der Waals surface area (Å²) in [5.74, 6) is 2.76. The average Bonchev–Trinajstić information content (AvgIpc) is 2.72. The van der Waals surface area contributed by atoms with E-state index in [-0.39, 0.29) is 0 Å². The number of hydrogen-bond donors (Lipinski definition) is 1. The molecule has 0 aromatic heterocycles. The van der Waals surface area contributed by atoms with Crippen LogP contribution in [-0.4, -0.2) is 12.6 Å². The van der Waals surface area contributed by atoms with Gasteiger partial charge in [0, 0.05) is 11.6 Å². The first-order chi connectivity index (χ1) is 8.72. The summed E-state index contributed by atoms with van der Waals surface area (Å²) in [6.45, 7) is 5.55. The second-order valence-electron chi connectivity index (χ2n) is 6.18. The van der Waals surface area contributed by atoms with Gasteiger partial charge in [0.05, 0.1) is 6.04 Å². The van der Waals surface area contributed by atoms with E-state index in [1.54, 1.807) is 0 Å². The van der Waals surface area contributed by atoms with Crippen LogP contribution in [0.5, 0.6) is 5.75 Å². The van der Waals surface area contributed by atoms with E-state index in [9.17, 15) is 0 Å². The van der Waals surface area contributed by atoms with Crippen LogP contribution in [0.4, 0.5) is 0 Å². The number of ether oxygens (including phenoxy) is 1. The fourth-order valence-corrected chi connectivity index (χ4v) is 3.67. The Labute approximate surface area is 110 Å². The third-order valence-electron chi connectivity index (χ3n) is 4.32. The molecule has 0 radical (unpaired) electrons. The summed E-state index contributed by atoms with van der Waals surface area (Å²) in [6.07, 6.45) is 4.00. The molecule has 3 unspecified atom stereocenters. The zero-order valence-corrected chi connectivity index (χ0v) is 11.4. The number of fused-ring (bicyclic) bond motifs is 1. The van der Waals surface area contributed by atoms with E-state index in [1.807, 2.05) is 6.07 Å². The summed E-state index contributed by atoms with van der Waals surface area (Å²) in [4.78, 5) is 0. The van der Waals surface area contributed by atoms with Crippen LogP contribution in [0.2, 0.25) is 0 Å². The summed E-state index contributed by atoms with van der Waals surface area (Å²) < 4.78 is 5.74. The molecule has 0 bridgehead atoms. The fourth-order valence-electron chi connectivity index (χ4n) is 3.67. The highest BCUT2D eigenvalue weighted by Crippen LogP contribution is 2.35. The van der Waals surface area contributed by atoms with Crippen molar-refractivity contribution >= 4 is 0 Å². The highest BCUT2D eigenvalue weighted by molar-refractivity contribution is 5.39. The topological polar surface area (TPSA) is 21.3 Å². The molecule has 2 nitrogen and oxygen atoms in total. The lowest BCUT2D eigenvalue weighted by Gasteiger charge is -2.33. The van der Waals surface area contributed by atoms with Crippen LogP contribution in [0.3, 0.4) is 0 Å². The fraction of sp³-hybridized carbons (Fsp3) is 0.625. The number of rotatable bonds is 2. The molecule has 1 aliphatic heterocycles. The maximum Gasteiger partial charge on any atom is 0.124 e. The summed E-state index contributed by atoms with van der Waals surface area (Å²) in [6, 6.07) is 9.46. The van der Waals surface area contributed by atoms with Gasteiger partial charge >= 0.3 is 0 Å². The van der Waals surface area contributed by atoms with Gasteiger partial charge in [-0.25, -0.2) is 0 Å². The Hall–Kier alpha value is -1.02. The van der Waals surface area contributed by atoms with E-state index in [0.29, 0.717) is 12.1 Å². The predicted octanol–water partition coefficient (Wildman–Crippen LogP) is 3.53. The molecule has 1 fully saturated rings. The molecule has 3 rings (SSSR count). The van der Waals surface area contributed by atoms with Crippen LogP contribution in [-0.2, 0) is 0 Å². The van der Waals surface area contributed by atoms with Gasteiger partial charge in [-0.3, -0.25) is 0 Å². The van der Waals surface area contributed by atoms with Crippen molar-refractivity contribution in [3.05, 3.63) is 29.8 Å². The minimum atomic E-state index is 0.392. The van der Waals surface area contributed by atoms with Gasteiger partial charge in [-0.1, -0.05) is 32.0 Å². The number of nitrogens with one attached hydrogen (secondary N) is 1. The van der Waals surface area contributed by atoms with Gasteiger partial charge in [-0.05, 0) is 37.2 Å². The third-order valence-corrected chi connectivity index (χ3v) is 4.32. The van der Waals surface area contributed by atoms with Crippen molar-refractivity contribution in [2.45, 2.75) is 45.2 Å². The zero-order chi connectivity index (χ0) is 12.5. The smallest absolute Gasteiger partial charge is 0.124 e. The Morgan fingerprint density at radius 2 is 1.78 bits per heavy atom. The molecular formula is C16H23NO. The van der Waals surface area contributed by atoms with Crippen molar-refractivity contribution in [3.63, 3.8) is 0 Å². The average molecular weight is 245 g/mol. The number of benzene rings is 1. The van der Waals surface area contributed by atoms with Gasteiger partial charge in [0.2, 0.25) is 0 Å². The molecule has 0 amide bonds. The molecule has 1 aliphatic carbocycles. The van der Waals surface area contributed by atoms with Crippen molar-refractivity contribution in [3.8, 4) is 5.75 Å². The van der Waals surface area contributed by atoms with Gasteiger partial charge in [0.1, 0.15) is 12.4 Å². The molecule has 1 aromatic rings. The lowest BCUT2D eigenvalue weighted by Crippen LogP contribution is -2.39. The van der Waals surface area contributed by atoms with Crippen molar-refractivity contribution in [1.82, 2.24) is 5.32 Å². The summed E-state index contributed by atoms with van der Waals surface area (Å²) in [5.41, 5.74) is 1.34. The minimum absolute atomic E-state index is 0.392. The van der Waals surface area contributed by atoms with E-state index < -0.39 is 0 Å². The monoisotopic (exact) mass is 245 g/mol. The van der Waals surface area contributed by atoms with Crippen LogP contribution in [0.1, 0.15) is 44.7 Å². The molecule has 0 spiro atoms. The van der Waals surface area contributed by atoms with Gasteiger partial charge in [0.25, 0.3) is 0 Å². The maximum atomic E-state index is 5.74. The van der Waals surface area contributed by atoms with Crippen LogP contribution in [0.15, 0.2) is 24.3 Å². The first-order valence-corrected chi connectivity index (χ1v) is 7.20. The van der Waals surface area contributed by atoms with Gasteiger partial charge in [-0.2, -0.15) is 0 Å². The van der Waals surface area contributed by atoms with Gasteiger partial charge < -0.3 is 10.1 Å². The molecule has 1 saturated carbocycles. The standard InChI is InChI=1S/C16H23NO/c1-11-7-12(2)9-13(8-11)17-15-10-18-16-6-4-3-5-14(15)16/h3-6,11-13,15,17H,7-10H2,1-2H3. The van der Waals surface area contributed by atoms with Crippen molar-refractivity contribution in [2.75, 3.05) is 6.61 Å². The summed E-state index contributed by atoms with van der Waals surface area (Å²) in [7, 11) is 0. The van der Waals surface area contributed by atoms with Crippen LogP contribution in [0, 0.1) is 11.8 Å². The van der Waals surface area contributed by atoms with Crippen LogP contribution < -0.4 is 10.1 Å². The number of para-hydroxylation sites is 1. The van der Waals surface area contributed by atoms with E-state index in [1.165, 1.54) is 24.8 Å². The molecule has 2 aliphatic rings. The van der Waals surface area contributed by atoms with E-state index in [2.05, 4.69) is 37.4 Å². The Balaban J connectivity index is 1.67. The van der Waals surface area contributed by atoms with Crippen molar-refractivity contribution in [2.24, 2.45) is 11.8 Å². The molecule has 1 aromatic carbocycles. The van der Waals surface area contributed by atoms with Crippen molar-refractivity contribution in [1.29, 1.82) is 0 Å². The molecule has 0 saturated heterocycles. The Morgan fingerprint density at radius 1 is 1.06 bits per heavy atom. The molecule has 1 heterocycles. The second kappa shape index (κ2) is 4.93. The molecular weight excluding hydrogens is 222 g/mol. The maximum absolute atomic E-state index is 5.74. The lowest BCUT2D eigenvalue weighted by molar-refractivity contribution is 0.212. The van der Waals surface area contributed by atoms with E-state index >= 15 is 0 Å². The highest BCUT2D eigenvalue weighted by atomic mass is 16.5. The van der Waals surface area contributed by atoms with Gasteiger partial charge in [-0.15, -0.1) is 0 Å². The predicted molar refractivity (Wildman–Crippen MR) is 73.8 cm³/mol. The number of hydrogen-bond acceptors (Lipinski definition) is 2. The molecule has 18 heavy (non-hydrogen) atoms. The molecule has 1 N–H and O–H groups in total. The quantitative estimate of drug-likeness (QED) is 0.860. The van der Waals surface area contributed by atoms with Gasteiger partial charge in [0.15, 0.2) is 0 Å². The first kappa shape index (κ1) is 12.0. The Morgan fingerprint density at radius 3 is 2.56 bits per heavy atom. The molecule has 3 atom stereocenters. The summed E-state index contributed by atoms with van der Waals surface area (Å²) in [5, 5.41) is 3.81.